The molecule has 1 N–H and O–H groups in total. The number of piperidine rings is 1. The van der Waals surface area contributed by atoms with Gasteiger partial charge in [0.05, 0.1) is 6.54 Å². The molecule has 0 saturated carbocycles. The summed E-state index contributed by atoms with van der Waals surface area (Å²) >= 11 is 0. The minimum Gasteiger partial charge on any atom is -0.341 e. The first-order valence-corrected chi connectivity index (χ1v) is 10.0. The largest absolute Gasteiger partial charge is 0.341 e. The first-order valence-electron chi connectivity index (χ1n) is 10.0. The minimum atomic E-state index is -0.0662. The van der Waals surface area contributed by atoms with Gasteiger partial charge in [0.25, 0.3) is 0 Å². The summed E-state index contributed by atoms with van der Waals surface area (Å²) in [6.45, 7) is 11.5. The molecule has 6 heteroatoms. The maximum Gasteiger partial charge on any atom is 0.321 e. The Bertz CT molecular complexity index is 643. The fourth-order valence-electron chi connectivity index (χ4n) is 4.11. The van der Waals surface area contributed by atoms with Crippen LogP contribution in [0.2, 0.25) is 0 Å². The molecule has 2 aliphatic heterocycles. The molecule has 148 valence electrons. The van der Waals surface area contributed by atoms with Gasteiger partial charge in [-0.25, -0.2) is 4.79 Å². The molecule has 3 rings (SSSR count). The number of aryl methyl sites for hydroxylation is 1. The average Bonchev–Trinajstić information content (AvgIpc) is 2.63. The highest BCUT2D eigenvalue weighted by atomic mass is 16.2. The predicted octanol–water partition coefficient (Wildman–Crippen LogP) is 2.65. The Balaban J connectivity index is 1.43. The molecule has 2 saturated heterocycles. The second-order valence-electron chi connectivity index (χ2n) is 8.30. The second kappa shape index (κ2) is 8.74. The van der Waals surface area contributed by atoms with Crippen LogP contribution in [-0.4, -0.2) is 72.5 Å². The maximum absolute atomic E-state index is 12.6. The van der Waals surface area contributed by atoms with Crippen molar-refractivity contribution in [2.24, 2.45) is 11.8 Å². The van der Waals surface area contributed by atoms with Crippen LogP contribution in [0.1, 0.15) is 25.8 Å². The predicted molar refractivity (Wildman–Crippen MR) is 108 cm³/mol. The molecule has 27 heavy (non-hydrogen) atoms. The first kappa shape index (κ1) is 19.7. The molecule has 2 atom stereocenters. The number of rotatable bonds is 3. The lowest BCUT2D eigenvalue weighted by molar-refractivity contribution is -0.135. The molecule has 2 fully saturated rings. The molecule has 2 heterocycles. The van der Waals surface area contributed by atoms with E-state index in [1.165, 1.54) is 12.0 Å². The Morgan fingerprint density at radius 3 is 2.15 bits per heavy atom. The van der Waals surface area contributed by atoms with Gasteiger partial charge in [0, 0.05) is 45.0 Å². The van der Waals surface area contributed by atoms with E-state index in [0.717, 1.165) is 31.9 Å². The number of nitrogens with zero attached hydrogens (tertiary/aromatic N) is 3. The summed E-state index contributed by atoms with van der Waals surface area (Å²) in [4.78, 5) is 31.1. The van der Waals surface area contributed by atoms with Gasteiger partial charge in [0.1, 0.15) is 0 Å². The topological polar surface area (TPSA) is 55.9 Å². The number of hydrogen-bond acceptors (Lipinski definition) is 3. The van der Waals surface area contributed by atoms with E-state index in [9.17, 15) is 9.59 Å². The van der Waals surface area contributed by atoms with Crippen molar-refractivity contribution < 1.29 is 9.59 Å². The highest BCUT2D eigenvalue weighted by molar-refractivity contribution is 5.89. The number of anilines is 1. The van der Waals surface area contributed by atoms with Gasteiger partial charge in [-0.1, -0.05) is 31.5 Å². The van der Waals surface area contributed by atoms with E-state index >= 15 is 0 Å². The van der Waals surface area contributed by atoms with Gasteiger partial charge in [-0.3, -0.25) is 9.69 Å². The smallest absolute Gasteiger partial charge is 0.321 e. The van der Waals surface area contributed by atoms with Crippen molar-refractivity contribution in [1.29, 1.82) is 0 Å². The summed E-state index contributed by atoms with van der Waals surface area (Å²) in [5, 5.41) is 2.95. The number of carbonyl (C=O) groups excluding carboxylic acids is 2. The lowest BCUT2D eigenvalue weighted by Gasteiger charge is -2.38. The zero-order valence-electron chi connectivity index (χ0n) is 16.8. The number of hydrogen-bond donors (Lipinski definition) is 1. The molecular formula is C21H32N4O2. The fraction of sp³-hybridized carbons (Fsp3) is 0.619. The molecule has 6 nitrogen and oxygen atoms in total. The van der Waals surface area contributed by atoms with Crippen LogP contribution in [0.3, 0.4) is 0 Å². The number of nitrogens with one attached hydrogen (secondary N) is 1. The third kappa shape index (κ3) is 5.45. The molecule has 2 aliphatic rings. The summed E-state index contributed by atoms with van der Waals surface area (Å²) in [6.07, 6.45) is 1.21. The minimum absolute atomic E-state index is 0.0662. The molecule has 1 aromatic carbocycles. The molecule has 2 unspecified atom stereocenters. The third-order valence-electron chi connectivity index (χ3n) is 5.54. The van der Waals surface area contributed by atoms with Crippen molar-refractivity contribution >= 4 is 17.6 Å². The first-order chi connectivity index (χ1) is 12.9. The van der Waals surface area contributed by atoms with Gasteiger partial charge < -0.3 is 15.1 Å². The van der Waals surface area contributed by atoms with E-state index in [4.69, 9.17) is 0 Å². The van der Waals surface area contributed by atoms with Crippen LogP contribution in [0, 0.1) is 18.8 Å². The van der Waals surface area contributed by atoms with Crippen molar-refractivity contribution in [3.63, 3.8) is 0 Å². The van der Waals surface area contributed by atoms with E-state index in [-0.39, 0.29) is 11.9 Å². The summed E-state index contributed by atoms with van der Waals surface area (Å²) in [7, 11) is 0. The number of piperazine rings is 1. The Kier molecular flexibility index (Phi) is 6.37. The van der Waals surface area contributed by atoms with Crippen LogP contribution >= 0.6 is 0 Å². The van der Waals surface area contributed by atoms with Gasteiger partial charge in [0.15, 0.2) is 0 Å². The van der Waals surface area contributed by atoms with E-state index in [0.29, 0.717) is 31.5 Å². The normalized spacial score (nSPS) is 24.0. The van der Waals surface area contributed by atoms with E-state index in [2.05, 4.69) is 24.1 Å². The van der Waals surface area contributed by atoms with Crippen molar-refractivity contribution in [3.05, 3.63) is 29.8 Å². The van der Waals surface area contributed by atoms with Gasteiger partial charge >= 0.3 is 6.03 Å². The fourth-order valence-corrected chi connectivity index (χ4v) is 4.11. The van der Waals surface area contributed by atoms with Crippen LogP contribution in [0.25, 0.3) is 0 Å². The highest BCUT2D eigenvalue weighted by Crippen LogP contribution is 2.21. The van der Waals surface area contributed by atoms with Crippen molar-refractivity contribution in [3.8, 4) is 0 Å². The van der Waals surface area contributed by atoms with Crippen molar-refractivity contribution in [2.75, 3.05) is 51.1 Å². The van der Waals surface area contributed by atoms with Crippen LogP contribution in [0.15, 0.2) is 24.3 Å². The van der Waals surface area contributed by atoms with Crippen LogP contribution in [0.4, 0.5) is 10.5 Å². The number of amides is 3. The summed E-state index contributed by atoms with van der Waals surface area (Å²) in [5.41, 5.74) is 1.99. The number of urea groups is 1. The van der Waals surface area contributed by atoms with Crippen LogP contribution in [-0.2, 0) is 4.79 Å². The van der Waals surface area contributed by atoms with E-state index in [1.54, 1.807) is 0 Å². The molecule has 0 aromatic heterocycles. The SMILES string of the molecule is Cc1ccc(NC(=O)N2CCN(CC(=O)N3CC(C)CC(C)C3)CC2)cc1. The summed E-state index contributed by atoms with van der Waals surface area (Å²) in [5.74, 6) is 1.39. The lowest BCUT2D eigenvalue weighted by atomic mass is 9.92. The lowest BCUT2D eigenvalue weighted by Crippen LogP contribution is -2.53. The molecule has 0 aliphatic carbocycles. The third-order valence-corrected chi connectivity index (χ3v) is 5.54. The monoisotopic (exact) mass is 372 g/mol. The summed E-state index contributed by atoms with van der Waals surface area (Å²) < 4.78 is 0. The van der Waals surface area contributed by atoms with E-state index < -0.39 is 0 Å². The van der Waals surface area contributed by atoms with Crippen molar-refractivity contribution in [2.45, 2.75) is 27.2 Å². The number of carbonyl (C=O) groups is 2. The van der Waals surface area contributed by atoms with Gasteiger partial charge in [-0.15, -0.1) is 0 Å². The molecular weight excluding hydrogens is 340 g/mol. The molecule has 3 amide bonds. The number of benzene rings is 1. The van der Waals surface area contributed by atoms with Gasteiger partial charge in [-0.2, -0.15) is 0 Å². The Hall–Kier alpha value is -2.08. The quantitative estimate of drug-likeness (QED) is 0.887. The average molecular weight is 373 g/mol. The molecule has 0 bridgehead atoms. The highest BCUT2D eigenvalue weighted by Gasteiger charge is 2.28. The second-order valence-corrected chi connectivity index (χ2v) is 8.30. The zero-order valence-corrected chi connectivity index (χ0v) is 16.8. The summed E-state index contributed by atoms with van der Waals surface area (Å²) in [6, 6.07) is 7.75. The van der Waals surface area contributed by atoms with Crippen molar-refractivity contribution in [1.82, 2.24) is 14.7 Å². The Morgan fingerprint density at radius 2 is 1.56 bits per heavy atom. The molecule has 1 aromatic rings. The van der Waals surface area contributed by atoms with Crippen LogP contribution in [0.5, 0.6) is 0 Å². The van der Waals surface area contributed by atoms with Gasteiger partial charge in [0.2, 0.25) is 5.91 Å². The molecule has 0 spiro atoms. The van der Waals surface area contributed by atoms with Crippen LogP contribution < -0.4 is 5.32 Å². The maximum atomic E-state index is 12.6. The standard InChI is InChI=1S/C21H32N4O2/c1-16-4-6-19(7-5-16)22-21(27)24-10-8-23(9-11-24)15-20(26)25-13-17(2)12-18(3)14-25/h4-7,17-18H,8-15H2,1-3H3,(H,22,27). The number of likely N-dealkylation sites (tertiary alicyclic amines) is 1. The Labute approximate surface area is 162 Å². The zero-order chi connectivity index (χ0) is 19.4. The van der Waals surface area contributed by atoms with Gasteiger partial charge in [-0.05, 0) is 37.3 Å². The van der Waals surface area contributed by atoms with E-state index in [1.807, 2.05) is 41.0 Å². The Morgan fingerprint density at radius 1 is 0.963 bits per heavy atom. The molecule has 0 radical (unpaired) electrons.